The van der Waals surface area contributed by atoms with Crippen molar-refractivity contribution in [2.75, 3.05) is 26.2 Å². The molecule has 1 saturated carbocycles. The minimum Gasteiger partial charge on any atom is -0.353 e. The molecule has 1 unspecified atom stereocenters. The third-order valence-electron chi connectivity index (χ3n) is 4.99. The van der Waals surface area contributed by atoms with E-state index in [4.69, 9.17) is 9.47 Å². The molecule has 0 bridgehead atoms. The maximum absolute atomic E-state index is 12.1. The zero-order valence-electron chi connectivity index (χ0n) is 12.9. The highest BCUT2D eigenvalue weighted by atomic mass is 16.7. The van der Waals surface area contributed by atoms with E-state index in [9.17, 15) is 4.79 Å². The molecule has 2 heterocycles. The molecule has 3 rings (SSSR count). The van der Waals surface area contributed by atoms with Crippen molar-refractivity contribution in [1.82, 2.24) is 10.6 Å². The van der Waals surface area contributed by atoms with Gasteiger partial charge in [0, 0.05) is 25.3 Å². The number of hydrogen-bond acceptors (Lipinski definition) is 4. The molecule has 2 saturated heterocycles. The molecular weight excluding hydrogens is 268 g/mol. The molecule has 1 spiro atoms. The third kappa shape index (κ3) is 3.96. The minimum absolute atomic E-state index is 0.0220. The van der Waals surface area contributed by atoms with Crippen LogP contribution in [0.2, 0.25) is 0 Å². The van der Waals surface area contributed by atoms with Crippen molar-refractivity contribution in [3.63, 3.8) is 0 Å². The Hall–Kier alpha value is -0.650. The lowest BCUT2D eigenvalue weighted by atomic mass is 9.97. The molecule has 0 aromatic rings. The van der Waals surface area contributed by atoms with E-state index in [1.165, 1.54) is 25.7 Å². The first-order valence-electron chi connectivity index (χ1n) is 8.58. The van der Waals surface area contributed by atoms with Gasteiger partial charge in [-0.3, -0.25) is 4.79 Å². The van der Waals surface area contributed by atoms with Crippen molar-refractivity contribution < 1.29 is 14.3 Å². The first-order valence-corrected chi connectivity index (χ1v) is 8.58. The maximum Gasteiger partial charge on any atom is 0.223 e. The molecule has 5 nitrogen and oxygen atoms in total. The molecule has 5 heteroatoms. The smallest absolute Gasteiger partial charge is 0.223 e. The summed E-state index contributed by atoms with van der Waals surface area (Å²) in [5.74, 6) is 0.00280. The number of amides is 1. The SMILES string of the molecule is O=C(NCC1COC2(CCCCCC2)O1)C1CCNCC1. The largest absolute Gasteiger partial charge is 0.353 e. The molecule has 1 aliphatic carbocycles. The number of carbonyl (C=O) groups excluding carboxylic acids is 1. The first kappa shape index (κ1) is 15.3. The fourth-order valence-corrected chi connectivity index (χ4v) is 3.69. The van der Waals surface area contributed by atoms with Gasteiger partial charge < -0.3 is 20.1 Å². The van der Waals surface area contributed by atoms with Gasteiger partial charge in [-0.05, 0) is 38.8 Å². The number of hydrogen-bond donors (Lipinski definition) is 2. The summed E-state index contributed by atoms with van der Waals surface area (Å²) in [6.07, 6.45) is 8.86. The van der Waals surface area contributed by atoms with Crippen LogP contribution in [-0.4, -0.2) is 44.0 Å². The van der Waals surface area contributed by atoms with Gasteiger partial charge in [0.1, 0.15) is 6.10 Å². The van der Waals surface area contributed by atoms with Gasteiger partial charge in [-0.15, -0.1) is 0 Å². The van der Waals surface area contributed by atoms with E-state index in [-0.39, 0.29) is 23.7 Å². The number of carbonyl (C=O) groups is 1. The number of nitrogens with one attached hydrogen (secondary N) is 2. The van der Waals surface area contributed by atoms with Crippen molar-refractivity contribution in [2.24, 2.45) is 5.92 Å². The Morgan fingerprint density at radius 1 is 1.14 bits per heavy atom. The summed E-state index contributed by atoms with van der Waals surface area (Å²) >= 11 is 0. The topological polar surface area (TPSA) is 59.6 Å². The number of rotatable bonds is 3. The summed E-state index contributed by atoms with van der Waals surface area (Å²) in [7, 11) is 0. The average molecular weight is 296 g/mol. The molecule has 21 heavy (non-hydrogen) atoms. The highest BCUT2D eigenvalue weighted by Gasteiger charge is 2.41. The average Bonchev–Trinajstić information content (AvgIpc) is 2.77. The number of piperidine rings is 1. The second-order valence-electron chi connectivity index (χ2n) is 6.65. The Labute approximate surface area is 127 Å². The van der Waals surface area contributed by atoms with Crippen LogP contribution >= 0.6 is 0 Å². The van der Waals surface area contributed by atoms with Crippen LogP contribution in [0.15, 0.2) is 0 Å². The highest BCUT2D eigenvalue weighted by Crippen LogP contribution is 2.36. The van der Waals surface area contributed by atoms with Crippen molar-refractivity contribution in [2.45, 2.75) is 63.3 Å². The van der Waals surface area contributed by atoms with Crippen LogP contribution < -0.4 is 10.6 Å². The van der Waals surface area contributed by atoms with Gasteiger partial charge in [0.15, 0.2) is 5.79 Å². The Bertz CT molecular complexity index is 347. The molecule has 120 valence electrons. The fourth-order valence-electron chi connectivity index (χ4n) is 3.69. The Morgan fingerprint density at radius 2 is 1.86 bits per heavy atom. The Kier molecular flexibility index (Phi) is 5.14. The molecule has 3 fully saturated rings. The molecule has 0 aromatic heterocycles. The van der Waals surface area contributed by atoms with Crippen LogP contribution in [0.3, 0.4) is 0 Å². The van der Waals surface area contributed by atoms with Crippen LogP contribution in [0.25, 0.3) is 0 Å². The van der Waals surface area contributed by atoms with Gasteiger partial charge in [-0.25, -0.2) is 0 Å². The highest BCUT2D eigenvalue weighted by molar-refractivity contribution is 5.78. The monoisotopic (exact) mass is 296 g/mol. The zero-order valence-corrected chi connectivity index (χ0v) is 12.9. The normalized spacial score (nSPS) is 30.2. The summed E-state index contributed by atoms with van der Waals surface area (Å²) in [5, 5.41) is 6.35. The molecule has 1 amide bonds. The Morgan fingerprint density at radius 3 is 2.57 bits per heavy atom. The molecule has 0 aromatic carbocycles. The lowest BCUT2D eigenvalue weighted by Gasteiger charge is -2.27. The van der Waals surface area contributed by atoms with E-state index in [2.05, 4.69) is 10.6 Å². The maximum atomic E-state index is 12.1. The summed E-state index contributed by atoms with van der Waals surface area (Å²) in [4.78, 5) is 12.1. The van der Waals surface area contributed by atoms with E-state index in [1.807, 2.05) is 0 Å². The summed E-state index contributed by atoms with van der Waals surface area (Å²) < 4.78 is 12.1. The second kappa shape index (κ2) is 7.07. The van der Waals surface area contributed by atoms with Crippen LogP contribution in [-0.2, 0) is 14.3 Å². The van der Waals surface area contributed by atoms with Gasteiger partial charge in [0.2, 0.25) is 5.91 Å². The van der Waals surface area contributed by atoms with E-state index >= 15 is 0 Å². The van der Waals surface area contributed by atoms with E-state index < -0.39 is 0 Å². The van der Waals surface area contributed by atoms with Crippen molar-refractivity contribution in [1.29, 1.82) is 0 Å². The first-order chi connectivity index (χ1) is 10.3. The fraction of sp³-hybridized carbons (Fsp3) is 0.938. The summed E-state index contributed by atoms with van der Waals surface area (Å²) in [6.45, 7) is 3.10. The molecule has 2 N–H and O–H groups in total. The quantitative estimate of drug-likeness (QED) is 0.830. The predicted molar refractivity (Wildman–Crippen MR) is 79.9 cm³/mol. The van der Waals surface area contributed by atoms with Crippen molar-refractivity contribution >= 4 is 5.91 Å². The summed E-state index contributed by atoms with van der Waals surface area (Å²) in [6, 6.07) is 0. The zero-order chi connectivity index (χ0) is 14.5. The van der Waals surface area contributed by atoms with Crippen LogP contribution in [0.5, 0.6) is 0 Å². The van der Waals surface area contributed by atoms with Crippen molar-refractivity contribution in [3.8, 4) is 0 Å². The predicted octanol–water partition coefficient (Wildman–Crippen LogP) is 1.57. The van der Waals surface area contributed by atoms with Gasteiger partial charge in [-0.1, -0.05) is 12.8 Å². The van der Waals surface area contributed by atoms with Crippen LogP contribution in [0, 0.1) is 5.92 Å². The van der Waals surface area contributed by atoms with Crippen LogP contribution in [0.4, 0.5) is 0 Å². The molecule has 1 atom stereocenters. The van der Waals surface area contributed by atoms with E-state index in [0.717, 1.165) is 38.8 Å². The van der Waals surface area contributed by atoms with E-state index in [1.54, 1.807) is 0 Å². The minimum atomic E-state index is -0.347. The van der Waals surface area contributed by atoms with Gasteiger partial charge >= 0.3 is 0 Å². The molecule has 0 radical (unpaired) electrons. The second-order valence-corrected chi connectivity index (χ2v) is 6.65. The summed E-state index contributed by atoms with van der Waals surface area (Å²) in [5.41, 5.74) is 0. The van der Waals surface area contributed by atoms with Crippen molar-refractivity contribution in [3.05, 3.63) is 0 Å². The lowest BCUT2D eigenvalue weighted by molar-refractivity contribution is -0.175. The lowest BCUT2D eigenvalue weighted by Crippen LogP contribution is -2.41. The molecular formula is C16H28N2O3. The standard InChI is InChI=1S/C16H28N2O3/c19-15(13-5-9-17-10-6-13)18-11-14-12-20-16(21-14)7-3-1-2-4-8-16/h13-14,17H,1-12H2,(H,18,19). The third-order valence-corrected chi connectivity index (χ3v) is 4.99. The number of ether oxygens (including phenoxy) is 2. The van der Waals surface area contributed by atoms with Crippen LogP contribution in [0.1, 0.15) is 51.4 Å². The van der Waals surface area contributed by atoms with Gasteiger partial charge in [0.25, 0.3) is 0 Å². The van der Waals surface area contributed by atoms with Gasteiger partial charge in [-0.2, -0.15) is 0 Å². The molecule has 3 aliphatic rings. The van der Waals surface area contributed by atoms with Gasteiger partial charge in [0.05, 0.1) is 6.61 Å². The molecule has 2 aliphatic heterocycles. The Balaban J connectivity index is 1.43. The van der Waals surface area contributed by atoms with E-state index in [0.29, 0.717) is 13.2 Å².